The van der Waals surface area contributed by atoms with E-state index < -0.39 is 0 Å². The van der Waals surface area contributed by atoms with E-state index in [9.17, 15) is 4.79 Å². The molecule has 2 aromatic rings. The Morgan fingerprint density at radius 2 is 1.90 bits per heavy atom. The molecule has 0 aliphatic carbocycles. The van der Waals surface area contributed by atoms with Gasteiger partial charge in [-0.05, 0) is 18.2 Å². The summed E-state index contributed by atoms with van der Waals surface area (Å²) >= 11 is 0. The number of amides is 1. The van der Waals surface area contributed by atoms with E-state index in [0.717, 1.165) is 5.56 Å². The number of methoxy groups -OCH3 is 2. The number of nitrogens with zero attached hydrogens (tertiary/aromatic N) is 1. The van der Waals surface area contributed by atoms with Crippen LogP contribution >= 0.6 is 0 Å². The number of nitrogens with two attached hydrogens (primary N) is 1. The molecular formula is C15H17N3O3. The van der Waals surface area contributed by atoms with Crippen LogP contribution in [0, 0.1) is 0 Å². The fourth-order valence-corrected chi connectivity index (χ4v) is 1.83. The molecule has 0 atom stereocenters. The van der Waals surface area contributed by atoms with Crippen molar-refractivity contribution in [3.8, 4) is 11.5 Å². The van der Waals surface area contributed by atoms with Crippen LogP contribution in [-0.4, -0.2) is 25.1 Å². The van der Waals surface area contributed by atoms with Gasteiger partial charge in [-0.15, -0.1) is 0 Å². The summed E-state index contributed by atoms with van der Waals surface area (Å²) in [5, 5.41) is 2.74. The van der Waals surface area contributed by atoms with E-state index in [0.29, 0.717) is 29.4 Å². The second-order valence-electron chi connectivity index (χ2n) is 4.27. The van der Waals surface area contributed by atoms with Gasteiger partial charge in [-0.2, -0.15) is 0 Å². The van der Waals surface area contributed by atoms with Gasteiger partial charge in [-0.25, -0.2) is 4.98 Å². The van der Waals surface area contributed by atoms with Gasteiger partial charge in [-0.3, -0.25) is 4.79 Å². The number of anilines is 1. The minimum absolute atomic E-state index is 0.297. The summed E-state index contributed by atoms with van der Waals surface area (Å²) in [6.45, 7) is 0.297. The SMILES string of the molecule is COc1cc(OC)cc(C(=O)Nc2ncccc2CN)c1. The molecular weight excluding hydrogens is 270 g/mol. The van der Waals surface area contributed by atoms with Gasteiger partial charge < -0.3 is 20.5 Å². The van der Waals surface area contributed by atoms with Gasteiger partial charge >= 0.3 is 0 Å². The zero-order valence-electron chi connectivity index (χ0n) is 11.9. The lowest BCUT2D eigenvalue weighted by Gasteiger charge is -2.10. The van der Waals surface area contributed by atoms with Crippen molar-refractivity contribution in [1.29, 1.82) is 0 Å². The predicted molar refractivity (Wildman–Crippen MR) is 79.6 cm³/mol. The number of nitrogens with one attached hydrogen (secondary N) is 1. The molecule has 21 heavy (non-hydrogen) atoms. The van der Waals surface area contributed by atoms with Crippen LogP contribution in [-0.2, 0) is 6.54 Å². The summed E-state index contributed by atoms with van der Waals surface area (Å²) in [4.78, 5) is 16.4. The molecule has 6 nitrogen and oxygen atoms in total. The van der Waals surface area contributed by atoms with Crippen LogP contribution in [0.4, 0.5) is 5.82 Å². The van der Waals surface area contributed by atoms with Crippen molar-refractivity contribution in [2.75, 3.05) is 19.5 Å². The van der Waals surface area contributed by atoms with E-state index in [1.807, 2.05) is 6.07 Å². The maximum absolute atomic E-state index is 12.3. The fraction of sp³-hybridized carbons (Fsp3) is 0.200. The minimum Gasteiger partial charge on any atom is -0.497 e. The summed E-state index contributed by atoms with van der Waals surface area (Å²) in [7, 11) is 3.06. The van der Waals surface area contributed by atoms with E-state index in [-0.39, 0.29) is 5.91 Å². The van der Waals surface area contributed by atoms with Crippen molar-refractivity contribution in [2.24, 2.45) is 5.73 Å². The zero-order chi connectivity index (χ0) is 15.2. The first-order chi connectivity index (χ1) is 10.2. The Bertz CT molecular complexity index is 622. The lowest BCUT2D eigenvalue weighted by molar-refractivity contribution is 0.102. The summed E-state index contributed by atoms with van der Waals surface area (Å²) in [6.07, 6.45) is 1.60. The highest BCUT2D eigenvalue weighted by Gasteiger charge is 2.12. The summed E-state index contributed by atoms with van der Waals surface area (Å²) in [5.41, 5.74) is 6.81. The number of rotatable bonds is 5. The molecule has 0 spiro atoms. The van der Waals surface area contributed by atoms with Crippen molar-refractivity contribution in [2.45, 2.75) is 6.54 Å². The molecule has 0 bridgehead atoms. The molecule has 2 rings (SSSR count). The van der Waals surface area contributed by atoms with Gasteiger partial charge in [0.15, 0.2) is 0 Å². The van der Waals surface area contributed by atoms with Crippen LogP contribution in [0.25, 0.3) is 0 Å². The first kappa shape index (κ1) is 14.8. The van der Waals surface area contributed by atoms with Crippen LogP contribution in [0.15, 0.2) is 36.5 Å². The van der Waals surface area contributed by atoms with E-state index in [1.54, 1.807) is 30.5 Å². The molecule has 1 aromatic heterocycles. The van der Waals surface area contributed by atoms with E-state index in [2.05, 4.69) is 10.3 Å². The van der Waals surface area contributed by atoms with Gasteiger partial charge in [0.25, 0.3) is 5.91 Å². The molecule has 0 saturated carbocycles. The van der Waals surface area contributed by atoms with Gasteiger partial charge in [-0.1, -0.05) is 6.07 Å². The highest BCUT2D eigenvalue weighted by atomic mass is 16.5. The monoisotopic (exact) mass is 287 g/mol. The molecule has 0 unspecified atom stereocenters. The first-order valence-electron chi connectivity index (χ1n) is 6.36. The molecule has 0 aliphatic rings. The maximum atomic E-state index is 12.3. The van der Waals surface area contributed by atoms with Crippen LogP contribution in [0.1, 0.15) is 15.9 Å². The predicted octanol–water partition coefficient (Wildman–Crippen LogP) is 1.81. The Balaban J connectivity index is 2.28. The van der Waals surface area contributed by atoms with Crippen molar-refractivity contribution in [3.05, 3.63) is 47.7 Å². The molecule has 6 heteroatoms. The van der Waals surface area contributed by atoms with Gasteiger partial charge in [0, 0.05) is 29.9 Å². The van der Waals surface area contributed by atoms with Crippen molar-refractivity contribution in [3.63, 3.8) is 0 Å². The number of pyridine rings is 1. The molecule has 0 saturated heterocycles. The van der Waals surface area contributed by atoms with Crippen molar-refractivity contribution < 1.29 is 14.3 Å². The van der Waals surface area contributed by atoms with Crippen LogP contribution < -0.4 is 20.5 Å². The van der Waals surface area contributed by atoms with Crippen molar-refractivity contribution in [1.82, 2.24) is 4.98 Å². The Kier molecular flexibility index (Phi) is 4.73. The Labute approximate surface area is 122 Å². The minimum atomic E-state index is -0.305. The molecule has 1 aromatic carbocycles. The third kappa shape index (κ3) is 3.49. The lowest BCUT2D eigenvalue weighted by Crippen LogP contribution is -2.15. The Morgan fingerprint density at radius 3 is 2.48 bits per heavy atom. The molecule has 1 heterocycles. The number of hydrogen-bond acceptors (Lipinski definition) is 5. The second kappa shape index (κ2) is 6.71. The van der Waals surface area contributed by atoms with E-state index >= 15 is 0 Å². The average Bonchev–Trinajstić information content (AvgIpc) is 2.54. The summed E-state index contributed by atoms with van der Waals surface area (Å²) in [6, 6.07) is 8.54. The standard InChI is InChI=1S/C15H17N3O3/c1-20-12-6-11(7-13(8-12)21-2)15(19)18-14-10(9-16)4-3-5-17-14/h3-8H,9,16H2,1-2H3,(H,17,18,19). The summed E-state index contributed by atoms with van der Waals surface area (Å²) in [5.74, 6) is 1.23. The number of hydrogen-bond donors (Lipinski definition) is 2. The molecule has 0 fully saturated rings. The highest BCUT2D eigenvalue weighted by molar-refractivity contribution is 6.04. The normalized spacial score (nSPS) is 10.0. The molecule has 0 radical (unpaired) electrons. The van der Waals surface area contributed by atoms with Crippen molar-refractivity contribution >= 4 is 11.7 Å². The molecule has 0 aliphatic heterocycles. The maximum Gasteiger partial charge on any atom is 0.257 e. The molecule has 1 amide bonds. The number of carbonyl (C=O) groups excluding carboxylic acids is 1. The molecule has 3 N–H and O–H groups in total. The van der Waals surface area contributed by atoms with Crippen LogP contribution in [0.2, 0.25) is 0 Å². The third-order valence-electron chi connectivity index (χ3n) is 2.96. The van der Waals surface area contributed by atoms with Crippen LogP contribution in [0.5, 0.6) is 11.5 Å². The van der Waals surface area contributed by atoms with E-state index in [1.165, 1.54) is 14.2 Å². The summed E-state index contributed by atoms with van der Waals surface area (Å²) < 4.78 is 10.3. The zero-order valence-corrected chi connectivity index (χ0v) is 11.9. The van der Waals surface area contributed by atoms with Gasteiger partial charge in [0.1, 0.15) is 17.3 Å². The highest BCUT2D eigenvalue weighted by Crippen LogP contribution is 2.23. The Hall–Kier alpha value is -2.60. The van der Waals surface area contributed by atoms with Gasteiger partial charge in [0.2, 0.25) is 0 Å². The second-order valence-corrected chi connectivity index (χ2v) is 4.27. The largest absolute Gasteiger partial charge is 0.497 e. The van der Waals surface area contributed by atoms with E-state index in [4.69, 9.17) is 15.2 Å². The van der Waals surface area contributed by atoms with Crippen LogP contribution in [0.3, 0.4) is 0 Å². The Morgan fingerprint density at radius 1 is 1.24 bits per heavy atom. The third-order valence-corrected chi connectivity index (χ3v) is 2.96. The number of carbonyl (C=O) groups is 1. The topological polar surface area (TPSA) is 86.5 Å². The molecule has 110 valence electrons. The fourth-order valence-electron chi connectivity index (χ4n) is 1.83. The smallest absolute Gasteiger partial charge is 0.257 e. The number of benzene rings is 1. The lowest BCUT2D eigenvalue weighted by atomic mass is 10.1. The van der Waals surface area contributed by atoms with Gasteiger partial charge in [0.05, 0.1) is 14.2 Å². The number of ether oxygens (including phenoxy) is 2. The average molecular weight is 287 g/mol. The number of aromatic nitrogens is 1. The quantitative estimate of drug-likeness (QED) is 0.875. The first-order valence-corrected chi connectivity index (χ1v) is 6.36.